The highest BCUT2D eigenvalue weighted by atomic mass is 16.5. The van der Waals surface area contributed by atoms with E-state index in [0.717, 1.165) is 5.56 Å². The minimum absolute atomic E-state index is 0.00127. The van der Waals surface area contributed by atoms with Crippen LogP contribution in [0.1, 0.15) is 19.4 Å². The summed E-state index contributed by atoms with van der Waals surface area (Å²) in [6, 6.07) is 5.28. The van der Waals surface area contributed by atoms with Crippen molar-refractivity contribution in [3.05, 3.63) is 44.6 Å². The number of aliphatic hydroxyl groups excluding tert-OH is 1. The molecule has 3 N–H and O–H groups in total. The summed E-state index contributed by atoms with van der Waals surface area (Å²) in [6.45, 7) is 3.78. The molecule has 2 heterocycles. The molecule has 178 valence electrons. The summed E-state index contributed by atoms with van der Waals surface area (Å²) in [7, 11) is 4.58. The van der Waals surface area contributed by atoms with Crippen LogP contribution in [0.2, 0.25) is 0 Å². The summed E-state index contributed by atoms with van der Waals surface area (Å²) in [6.07, 6.45) is 0.552. The number of methoxy groups -OCH3 is 2. The zero-order valence-electron chi connectivity index (χ0n) is 19.2. The Balaban J connectivity index is 1.95. The molecule has 0 aliphatic heterocycles. The van der Waals surface area contributed by atoms with Crippen molar-refractivity contribution in [2.75, 3.05) is 26.3 Å². The molecule has 1 atom stereocenters. The zero-order valence-corrected chi connectivity index (χ0v) is 19.2. The van der Waals surface area contributed by atoms with Crippen LogP contribution >= 0.6 is 0 Å². The number of hydrogen-bond acceptors (Lipinski definition) is 9. The van der Waals surface area contributed by atoms with E-state index in [9.17, 15) is 14.7 Å². The molecule has 33 heavy (non-hydrogen) atoms. The fourth-order valence-electron chi connectivity index (χ4n) is 3.16. The van der Waals surface area contributed by atoms with Gasteiger partial charge in [-0.2, -0.15) is 10.1 Å². The third kappa shape index (κ3) is 5.41. The number of hydrazone groups is 1. The Morgan fingerprint density at radius 1 is 1.24 bits per heavy atom. The van der Waals surface area contributed by atoms with E-state index in [1.807, 2.05) is 13.8 Å². The van der Waals surface area contributed by atoms with Crippen LogP contribution in [-0.2, 0) is 18.3 Å². The lowest BCUT2D eigenvalue weighted by Gasteiger charge is -2.15. The number of aryl methyl sites for hydroxylation is 1. The van der Waals surface area contributed by atoms with Crippen molar-refractivity contribution >= 4 is 23.3 Å². The number of hydrogen-bond donors (Lipinski definition) is 3. The van der Waals surface area contributed by atoms with Gasteiger partial charge in [0.2, 0.25) is 5.95 Å². The van der Waals surface area contributed by atoms with Crippen LogP contribution < -0.4 is 26.1 Å². The molecule has 1 unspecified atom stereocenters. The van der Waals surface area contributed by atoms with E-state index in [0.29, 0.717) is 11.5 Å². The second-order valence-electron chi connectivity index (χ2n) is 7.56. The number of nitrogens with one attached hydrogen (secondary N) is 2. The van der Waals surface area contributed by atoms with Crippen LogP contribution in [0, 0.1) is 0 Å². The Morgan fingerprint density at radius 2 is 1.97 bits per heavy atom. The highest BCUT2D eigenvalue weighted by Crippen LogP contribution is 2.27. The third-order valence-corrected chi connectivity index (χ3v) is 4.81. The Bertz CT molecular complexity index is 1260. The van der Waals surface area contributed by atoms with Crippen molar-refractivity contribution in [2.45, 2.75) is 32.6 Å². The predicted octanol–water partition coefficient (Wildman–Crippen LogP) is 0.672. The largest absolute Gasteiger partial charge is 0.493 e. The van der Waals surface area contributed by atoms with Gasteiger partial charge < -0.3 is 23.9 Å². The van der Waals surface area contributed by atoms with E-state index in [-0.39, 0.29) is 36.4 Å². The standard InChI is InChI=1S/C21H28N6O6/c1-12(2)33-11-14(28)10-27-17-18(26(3)21(30)24-19(17)29)23-20(27)25-22-9-13-6-7-15(31-4)16(8-13)32-5/h6-9,12,14,28H,10-11H2,1-5H3,(H,23,25)(H,24,29,30). The van der Waals surface area contributed by atoms with Crippen LogP contribution in [0.4, 0.5) is 5.95 Å². The molecule has 0 radical (unpaired) electrons. The highest BCUT2D eigenvalue weighted by Gasteiger charge is 2.20. The Hall–Kier alpha value is -3.64. The van der Waals surface area contributed by atoms with Gasteiger partial charge in [0.25, 0.3) is 5.56 Å². The van der Waals surface area contributed by atoms with Crippen LogP contribution in [0.3, 0.4) is 0 Å². The van der Waals surface area contributed by atoms with Crippen molar-refractivity contribution in [3.8, 4) is 11.5 Å². The van der Waals surface area contributed by atoms with Gasteiger partial charge in [-0.05, 0) is 37.6 Å². The Kier molecular flexibility index (Phi) is 7.51. The second-order valence-corrected chi connectivity index (χ2v) is 7.56. The maximum atomic E-state index is 12.5. The lowest BCUT2D eigenvalue weighted by atomic mass is 10.2. The maximum absolute atomic E-state index is 12.5. The van der Waals surface area contributed by atoms with Crippen LogP contribution in [0.25, 0.3) is 11.2 Å². The van der Waals surface area contributed by atoms with Gasteiger partial charge in [-0.15, -0.1) is 0 Å². The van der Waals surface area contributed by atoms with Crippen molar-refractivity contribution in [1.29, 1.82) is 0 Å². The molecule has 0 saturated carbocycles. The molecule has 0 aliphatic rings. The number of nitrogens with zero attached hydrogens (tertiary/aromatic N) is 4. The summed E-state index contributed by atoms with van der Waals surface area (Å²) in [5, 5.41) is 14.6. The molecule has 0 saturated heterocycles. The lowest BCUT2D eigenvalue weighted by molar-refractivity contribution is -0.000105. The molecule has 3 aromatic rings. The van der Waals surface area contributed by atoms with E-state index < -0.39 is 17.4 Å². The van der Waals surface area contributed by atoms with Crippen molar-refractivity contribution in [3.63, 3.8) is 0 Å². The van der Waals surface area contributed by atoms with Gasteiger partial charge in [-0.1, -0.05) is 0 Å². The monoisotopic (exact) mass is 460 g/mol. The van der Waals surface area contributed by atoms with Crippen LogP contribution in [0.5, 0.6) is 11.5 Å². The first kappa shape index (κ1) is 24.0. The molecule has 0 bridgehead atoms. The highest BCUT2D eigenvalue weighted by molar-refractivity contribution is 5.81. The topological polar surface area (TPSA) is 145 Å². The van der Waals surface area contributed by atoms with Gasteiger partial charge in [0.1, 0.15) is 0 Å². The molecule has 0 amide bonds. The van der Waals surface area contributed by atoms with E-state index in [1.165, 1.54) is 29.5 Å². The number of imidazole rings is 1. The fourth-order valence-corrected chi connectivity index (χ4v) is 3.16. The summed E-state index contributed by atoms with van der Waals surface area (Å²) in [5.41, 5.74) is 2.59. The van der Waals surface area contributed by atoms with Gasteiger partial charge in [-0.3, -0.25) is 14.3 Å². The molecule has 0 aliphatic carbocycles. The number of ether oxygens (including phenoxy) is 3. The molecular formula is C21H28N6O6. The average Bonchev–Trinajstić information content (AvgIpc) is 3.14. The lowest BCUT2D eigenvalue weighted by Crippen LogP contribution is -2.30. The molecule has 12 nitrogen and oxygen atoms in total. The summed E-state index contributed by atoms with van der Waals surface area (Å²) < 4.78 is 18.7. The average molecular weight is 460 g/mol. The maximum Gasteiger partial charge on any atom is 0.329 e. The predicted molar refractivity (Wildman–Crippen MR) is 123 cm³/mol. The molecule has 12 heteroatoms. The molecule has 0 fully saturated rings. The fraction of sp³-hybridized carbons (Fsp3) is 0.429. The Labute approximate surface area is 189 Å². The van der Waals surface area contributed by atoms with E-state index >= 15 is 0 Å². The molecule has 1 aromatic carbocycles. The Morgan fingerprint density at radius 3 is 2.64 bits per heavy atom. The first-order chi connectivity index (χ1) is 15.7. The molecular weight excluding hydrogens is 432 g/mol. The second kappa shape index (κ2) is 10.3. The smallest absolute Gasteiger partial charge is 0.329 e. The van der Waals surface area contributed by atoms with E-state index in [1.54, 1.807) is 25.3 Å². The molecule has 0 spiro atoms. The summed E-state index contributed by atoms with van der Waals surface area (Å²) >= 11 is 0. The van der Waals surface area contributed by atoms with Crippen LogP contribution in [-0.4, -0.2) is 63.5 Å². The van der Waals surface area contributed by atoms with Gasteiger partial charge in [0.15, 0.2) is 22.7 Å². The molecule has 3 rings (SSSR count). The van der Waals surface area contributed by atoms with Gasteiger partial charge in [0.05, 0.1) is 45.8 Å². The van der Waals surface area contributed by atoms with Gasteiger partial charge >= 0.3 is 5.69 Å². The summed E-state index contributed by atoms with van der Waals surface area (Å²) in [4.78, 5) is 31.1. The van der Waals surface area contributed by atoms with Crippen molar-refractivity contribution in [2.24, 2.45) is 12.1 Å². The van der Waals surface area contributed by atoms with Crippen LogP contribution in [0.15, 0.2) is 32.9 Å². The number of H-pyrrole nitrogens is 1. The first-order valence-electron chi connectivity index (χ1n) is 10.3. The molecule has 2 aromatic heterocycles. The normalized spacial score (nSPS) is 12.6. The number of benzene rings is 1. The number of aliphatic hydroxyl groups is 1. The quantitative estimate of drug-likeness (QED) is 0.296. The minimum Gasteiger partial charge on any atom is -0.493 e. The number of anilines is 1. The summed E-state index contributed by atoms with van der Waals surface area (Å²) in [5.74, 6) is 1.31. The number of aromatic amines is 1. The number of fused-ring (bicyclic) bond motifs is 1. The zero-order chi connectivity index (χ0) is 24.1. The van der Waals surface area contributed by atoms with Gasteiger partial charge in [0, 0.05) is 7.05 Å². The SMILES string of the molecule is COc1ccc(C=NNc2nc3c(c(=O)[nH]c(=O)n3C)n2CC(O)COC(C)C)cc1OC. The third-order valence-electron chi connectivity index (χ3n) is 4.81. The minimum atomic E-state index is -0.920. The first-order valence-corrected chi connectivity index (χ1v) is 10.3. The van der Waals surface area contributed by atoms with E-state index in [2.05, 4.69) is 20.5 Å². The van der Waals surface area contributed by atoms with Crippen molar-refractivity contribution < 1.29 is 19.3 Å². The van der Waals surface area contributed by atoms with Crippen molar-refractivity contribution in [1.82, 2.24) is 19.1 Å². The number of rotatable bonds is 10. The van der Waals surface area contributed by atoms with Gasteiger partial charge in [-0.25, -0.2) is 10.2 Å². The number of aromatic nitrogens is 4. The van der Waals surface area contributed by atoms with E-state index in [4.69, 9.17) is 14.2 Å².